The Balaban J connectivity index is 2.79. The molecule has 0 heterocycles. The average molecular weight is 230 g/mol. The summed E-state index contributed by atoms with van der Waals surface area (Å²) in [7, 11) is 0. The van der Waals surface area contributed by atoms with Crippen molar-refractivity contribution < 1.29 is 24.7 Å². The van der Waals surface area contributed by atoms with Crippen molar-refractivity contribution >= 4 is 17.8 Å². The van der Waals surface area contributed by atoms with Gasteiger partial charge in [-0.1, -0.05) is 0 Å². The highest BCUT2D eigenvalue weighted by Gasteiger charge is 2.40. The summed E-state index contributed by atoms with van der Waals surface area (Å²) in [5.41, 5.74) is 6.59. The van der Waals surface area contributed by atoms with Gasteiger partial charge in [0.1, 0.15) is 0 Å². The molecule has 1 rings (SSSR count). The Bertz CT molecular complexity index is 317. The van der Waals surface area contributed by atoms with E-state index in [2.05, 4.69) is 0 Å². The topological polar surface area (TPSA) is 130 Å². The second kappa shape index (κ2) is 4.93. The Kier molecular flexibility index (Phi) is 3.83. The SMILES string of the molecule is NC(=O)C1CC(C(=O)O)CCC1C(=O)NO. The number of nitrogens with one attached hydrogen (secondary N) is 1. The quantitative estimate of drug-likeness (QED) is 0.368. The van der Waals surface area contributed by atoms with Gasteiger partial charge in [0.25, 0.3) is 0 Å². The molecule has 7 nitrogen and oxygen atoms in total. The largest absolute Gasteiger partial charge is 0.481 e. The first-order valence-electron chi connectivity index (χ1n) is 4.93. The first kappa shape index (κ1) is 12.4. The summed E-state index contributed by atoms with van der Waals surface area (Å²) in [6, 6.07) is 0. The molecule has 1 fully saturated rings. The molecular weight excluding hydrogens is 216 g/mol. The summed E-state index contributed by atoms with van der Waals surface area (Å²) in [6.45, 7) is 0. The number of hydrogen-bond donors (Lipinski definition) is 4. The number of primary amides is 1. The second-order valence-electron chi connectivity index (χ2n) is 3.94. The molecule has 2 amide bonds. The van der Waals surface area contributed by atoms with Crippen molar-refractivity contribution in [3.05, 3.63) is 0 Å². The van der Waals surface area contributed by atoms with E-state index in [1.165, 1.54) is 5.48 Å². The lowest BCUT2D eigenvalue weighted by molar-refractivity contribution is -0.149. The van der Waals surface area contributed by atoms with Crippen LogP contribution < -0.4 is 11.2 Å². The number of carbonyl (C=O) groups is 3. The summed E-state index contributed by atoms with van der Waals surface area (Å²) < 4.78 is 0. The fourth-order valence-electron chi connectivity index (χ4n) is 2.11. The van der Waals surface area contributed by atoms with E-state index in [1.54, 1.807) is 0 Å². The lowest BCUT2D eigenvalue weighted by Crippen LogP contribution is -2.44. The van der Waals surface area contributed by atoms with Crippen molar-refractivity contribution in [3.8, 4) is 0 Å². The van der Waals surface area contributed by atoms with Crippen LogP contribution in [-0.2, 0) is 14.4 Å². The van der Waals surface area contributed by atoms with E-state index in [0.717, 1.165) is 0 Å². The van der Waals surface area contributed by atoms with E-state index in [1.807, 2.05) is 0 Å². The van der Waals surface area contributed by atoms with Gasteiger partial charge in [0.15, 0.2) is 0 Å². The van der Waals surface area contributed by atoms with Gasteiger partial charge in [-0.05, 0) is 19.3 Å². The van der Waals surface area contributed by atoms with Gasteiger partial charge in [-0.2, -0.15) is 0 Å². The van der Waals surface area contributed by atoms with Crippen molar-refractivity contribution in [2.24, 2.45) is 23.5 Å². The van der Waals surface area contributed by atoms with Gasteiger partial charge >= 0.3 is 5.97 Å². The van der Waals surface area contributed by atoms with E-state index in [4.69, 9.17) is 16.0 Å². The van der Waals surface area contributed by atoms with Crippen LogP contribution in [-0.4, -0.2) is 28.1 Å². The highest BCUT2D eigenvalue weighted by Crippen LogP contribution is 2.34. The average Bonchev–Trinajstić information content (AvgIpc) is 2.26. The molecule has 0 spiro atoms. The monoisotopic (exact) mass is 230 g/mol. The maximum Gasteiger partial charge on any atom is 0.306 e. The summed E-state index contributed by atoms with van der Waals surface area (Å²) in [5.74, 6) is -4.61. The van der Waals surface area contributed by atoms with Crippen LogP contribution in [0.1, 0.15) is 19.3 Å². The van der Waals surface area contributed by atoms with Crippen LogP contribution in [0.25, 0.3) is 0 Å². The molecule has 0 radical (unpaired) electrons. The number of rotatable bonds is 3. The molecule has 3 unspecified atom stereocenters. The van der Waals surface area contributed by atoms with Crippen LogP contribution in [0.15, 0.2) is 0 Å². The first-order chi connectivity index (χ1) is 7.47. The van der Waals surface area contributed by atoms with Gasteiger partial charge in [0.05, 0.1) is 17.8 Å². The molecule has 0 bridgehead atoms. The Morgan fingerprint density at radius 2 is 1.81 bits per heavy atom. The molecule has 7 heteroatoms. The number of aliphatic carboxylic acids is 1. The minimum absolute atomic E-state index is 0.0444. The molecule has 0 aliphatic heterocycles. The fraction of sp³-hybridized carbons (Fsp3) is 0.667. The third kappa shape index (κ3) is 2.48. The maximum atomic E-state index is 11.2. The third-order valence-electron chi connectivity index (χ3n) is 3.01. The molecule has 0 saturated heterocycles. The number of nitrogens with two attached hydrogens (primary N) is 1. The van der Waals surface area contributed by atoms with Gasteiger partial charge in [-0.3, -0.25) is 19.6 Å². The van der Waals surface area contributed by atoms with Gasteiger partial charge in [-0.15, -0.1) is 0 Å². The molecule has 0 aromatic heterocycles. The van der Waals surface area contributed by atoms with Crippen molar-refractivity contribution in [2.75, 3.05) is 0 Å². The van der Waals surface area contributed by atoms with Crippen LogP contribution in [0.3, 0.4) is 0 Å². The van der Waals surface area contributed by atoms with Crippen LogP contribution in [0.5, 0.6) is 0 Å². The Morgan fingerprint density at radius 3 is 2.25 bits per heavy atom. The lowest BCUT2D eigenvalue weighted by atomic mass is 9.73. The van der Waals surface area contributed by atoms with E-state index in [-0.39, 0.29) is 12.8 Å². The number of amides is 2. The molecule has 5 N–H and O–H groups in total. The zero-order chi connectivity index (χ0) is 12.3. The van der Waals surface area contributed by atoms with Crippen molar-refractivity contribution in [1.82, 2.24) is 5.48 Å². The number of carboxylic acids is 1. The summed E-state index contributed by atoms with van der Waals surface area (Å²) in [4.78, 5) is 33.1. The Morgan fingerprint density at radius 1 is 1.19 bits per heavy atom. The molecule has 1 aliphatic carbocycles. The number of carbonyl (C=O) groups excluding carboxylic acids is 2. The van der Waals surface area contributed by atoms with Gasteiger partial charge in [0, 0.05) is 0 Å². The Hall–Kier alpha value is -1.63. The van der Waals surface area contributed by atoms with Crippen LogP contribution in [0.2, 0.25) is 0 Å². The van der Waals surface area contributed by atoms with Crippen LogP contribution >= 0.6 is 0 Å². The van der Waals surface area contributed by atoms with E-state index >= 15 is 0 Å². The highest BCUT2D eigenvalue weighted by atomic mass is 16.5. The minimum atomic E-state index is -0.992. The smallest absolute Gasteiger partial charge is 0.306 e. The minimum Gasteiger partial charge on any atom is -0.481 e. The maximum absolute atomic E-state index is 11.2. The molecule has 1 aliphatic rings. The lowest BCUT2D eigenvalue weighted by Gasteiger charge is -2.30. The molecule has 1 saturated carbocycles. The highest BCUT2D eigenvalue weighted by molar-refractivity contribution is 5.87. The predicted molar refractivity (Wildman–Crippen MR) is 51.1 cm³/mol. The second-order valence-corrected chi connectivity index (χ2v) is 3.94. The predicted octanol–water partition coefficient (Wildman–Crippen LogP) is -0.906. The van der Waals surface area contributed by atoms with E-state index < -0.39 is 35.5 Å². The van der Waals surface area contributed by atoms with Gasteiger partial charge in [0.2, 0.25) is 11.8 Å². The zero-order valence-corrected chi connectivity index (χ0v) is 8.55. The normalized spacial score (nSPS) is 29.4. The van der Waals surface area contributed by atoms with Gasteiger partial charge in [-0.25, -0.2) is 5.48 Å². The molecule has 0 aromatic carbocycles. The zero-order valence-electron chi connectivity index (χ0n) is 8.55. The molecule has 0 aromatic rings. The molecule has 3 atom stereocenters. The number of carboxylic acid groups (broad SMARTS) is 1. The van der Waals surface area contributed by atoms with Crippen LogP contribution in [0.4, 0.5) is 0 Å². The van der Waals surface area contributed by atoms with E-state index in [0.29, 0.717) is 6.42 Å². The first-order valence-corrected chi connectivity index (χ1v) is 4.93. The van der Waals surface area contributed by atoms with Gasteiger partial charge < -0.3 is 10.8 Å². The summed E-state index contributed by atoms with van der Waals surface area (Å²) in [5, 5.41) is 17.3. The van der Waals surface area contributed by atoms with Crippen molar-refractivity contribution in [3.63, 3.8) is 0 Å². The molecule has 16 heavy (non-hydrogen) atoms. The fourth-order valence-corrected chi connectivity index (χ4v) is 2.11. The molecule has 90 valence electrons. The summed E-state index contributed by atoms with van der Waals surface area (Å²) in [6.07, 6.45) is 0.580. The van der Waals surface area contributed by atoms with Crippen molar-refractivity contribution in [1.29, 1.82) is 0 Å². The van der Waals surface area contributed by atoms with Crippen LogP contribution in [0, 0.1) is 17.8 Å². The van der Waals surface area contributed by atoms with Crippen molar-refractivity contribution in [2.45, 2.75) is 19.3 Å². The standard InChI is InChI=1S/C9H14N2O5/c10-7(12)6-3-4(9(14)15)1-2-5(6)8(13)11-16/h4-6,16H,1-3H2,(H2,10,12)(H,11,13)(H,14,15). The number of hydrogen-bond acceptors (Lipinski definition) is 4. The number of hydroxylamine groups is 1. The summed E-state index contributed by atoms with van der Waals surface area (Å²) >= 11 is 0. The van der Waals surface area contributed by atoms with E-state index in [9.17, 15) is 14.4 Å². The third-order valence-corrected chi connectivity index (χ3v) is 3.01. The Labute approximate surface area is 91.6 Å². The molecular formula is C9H14N2O5.